The van der Waals surface area contributed by atoms with Crippen molar-refractivity contribution in [2.45, 2.75) is 77.4 Å². The van der Waals surface area contributed by atoms with E-state index in [1.807, 2.05) is 38.2 Å². The zero-order valence-electron chi connectivity index (χ0n) is 23.1. The quantitative estimate of drug-likeness (QED) is 0.399. The van der Waals surface area contributed by atoms with E-state index < -0.39 is 29.7 Å². The van der Waals surface area contributed by atoms with Crippen LogP contribution in [-0.2, 0) is 20.9 Å². The fraction of sp³-hybridized carbons (Fsp3) is 0.607. The van der Waals surface area contributed by atoms with Gasteiger partial charge in [-0.15, -0.1) is 0 Å². The Morgan fingerprint density at radius 1 is 1.26 bits per heavy atom. The summed E-state index contributed by atoms with van der Waals surface area (Å²) in [6.07, 6.45) is 4.84. The molecular weight excluding hydrogens is 511 g/mol. The number of amides is 1. The van der Waals surface area contributed by atoms with Crippen molar-refractivity contribution in [3.63, 3.8) is 0 Å². The van der Waals surface area contributed by atoms with E-state index in [4.69, 9.17) is 15.2 Å². The number of carbonyl (C=O) groups is 1. The van der Waals surface area contributed by atoms with Gasteiger partial charge in [-0.05, 0) is 31.4 Å². The third kappa shape index (κ3) is 11.5. The molecule has 0 aromatic carbocycles. The molecule has 3 N–H and O–H groups in total. The molecule has 218 valence electrons. The van der Waals surface area contributed by atoms with Gasteiger partial charge in [-0.25, -0.2) is 0 Å². The van der Waals surface area contributed by atoms with Gasteiger partial charge >= 0.3 is 6.18 Å². The average molecular weight is 554 g/mol. The number of allylic oxidation sites excluding steroid dienone is 2. The summed E-state index contributed by atoms with van der Waals surface area (Å²) in [6.45, 7) is 11.8. The van der Waals surface area contributed by atoms with Crippen molar-refractivity contribution in [3.05, 3.63) is 53.9 Å². The molecule has 0 bridgehead atoms. The van der Waals surface area contributed by atoms with Crippen molar-refractivity contribution in [3.8, 4) is 0 Å². The standard InChI is InChI=1S/C16H26N2O2.C10H10F3N3O.C2H6/c1-2-11-19-12-5-9-18-10-7-16(13-18)20-14-15-6-3-4-8-17-15;11-10(12,13)5-2-1-3-6-9(5)16-8(15-6)4-7(14)17;1-2/h3-4,6,8,16H,2,5,7,9-14H2,1H3;1-3,6,9H,4H2,(H2,14,17)(H,15,16);1-2H3. The van der Waals surface area contributed by atoms with Crippen LogP contribution in [0, 0.1) is 0 Å². The van der Waals surface area contributed by atoms with E-state index in [-0.39, 0.29) is 12.3 Å². The van der Waals surface area contributed by atoms with Gasteiger partial charge in [-0.2, -0.15) is 13.2 Å². The second kappa shape index (κ2) is 17.0. The lowest BCUT2D eigenvalue weighted by Gasteiger charge is -2.22. The molecule has 0 saturated carbocycles. The highest BCUT2D eigenvalue weighted by molar-refractivity contribution is 6.00. The Kier molecular flexibility index (Phi) is 14.2. The summed E-state index contributed by atoms with van der Waals surface area (Å²) in [6, 6.07) is 4.38. The van der Waals surface area contributed by atoms with Crippen molar-refractivity contribution in [1.82, 2.24) is 15.2 Å². The van der Waals surface area contributed by atoms with Gasteiger partial charge in [0.1, 0.15) is 11.9 Å². The van der Waals surface area contributed by atoms with Crippen LogP contribution in [0.25, 0.3) is 0 Å². The Bertz CT molecular complexity index is 954. The number of aromatic nitrogens is 1. The fourth-order valence-electron chi connectivity index (χ4n) is 4.33. The molecule has 2 aliphatic heterocycles. The molecule has 4 rings (SSSR count). The summed E-state index contributed by atoms with van der Waals surface area (Å²) in [5.74, 6) is -0.425. The monoisotopic (exact) mass is 553 g/mol. The van der Waals surface area contributed by atoms with Gasteiger partial charge in [0.05, 0.1) is 36.4 Å². The molecule has 0 radical (unpaired) electrons. The van der Waals surface area contributed by atoms with Crippen LogP contribution in [0.2, 0.25) is 0 Å². The lowest BCUT2D eigenvalue weighted by molar-refractivity contribution is -0.116. The molecule has 1 aromatic rings. The second-order valence-electron chi connectivity index (χ2n) is 9.15. The Hall–Kier alpha value is -2.76. The maximum Gasteiger partial charge on any atom is 0.414 e. The van der Waals surface area contributed by atoms with E-state index >= 15 is 0 Å². The number of amidine groups is 1. The van der Waals surface area contributed by atoms with Crippen LogP contribution in [0.3, 0.4) is 0 Å². The summed E-state index contributed by atoms with van der Waals surface area (Å²) in [5.41, 5.74) is 5.27. The highest BCUT2D eigenvalue weighted by Crippen LogP contribution is 2.35. The van der Waals surface area contributed by atoms with Gasteiger partial charge < -0.3 is 25.4 Å². The van der Waals surface area contributed by atoms with Crippen molar-refractivity contribution < 1.29 is 27.4 Å². The summed E-state index contributed by atoms with van der Waals surface area (Å²) in [4.78, 5) is 21.3. The first-order valence-corrected chi connectivity index (χ1v) is 13.6. The van der Waals surface area contributed by atoms with E-state index in [2.05, 4.69) is 27.1 Å². The molecule has 1 fully saturated rings. The normalized spacial score (nSPS) is 21.9. The van der Waals surface area contributed by atoms with Gasteiger partial charge in [0.15, 0.2) is 0 Å². The number of ether oxygens (including phenoxy) is 2. The first kappa shape index (κ1) is 32.5. The maximum absolute atomic E-state index is 12.7. The lowest BCUT2D eigenvalue weighted by Crippen LogP contribution is -2.39. The molecule has 1 saturated heterocycles. The van der Waals surface area contributed by atoms with Gasteiger partial charge in [0.2, 0.25) is 5.91 Å². The molecule has 1 aliphatic carbocycles. The largest absolute Gasteiger partial charge is 0.414 e. The molecule has 39 heavy (non-hydrogen) atoms. The number of nitrogens with zero attached hydrogens (tertiary/aromatic N) is 3. The zero-order chi connectivity index (χ0) is 28.7. The van der Waals surface area contributed by atoms with Crippen LogP contribution in [0.5, 0.6) is 0 Å². The van der Waals surface area contributed by atoms with Crippen molar-refractivity contribution >= 4 is 11.7 Å². The number of fused-ring (bicyclic) bond motifs is 1. The molecule has 3 atom stereocenters. The first-order chi connectivity index (χ1) is 18.8. The van der Waals surface area contributed by atoms with E-state index in [0.717, 1.165) is 63.9 Å². The number of rotatable bonds is 11. The smallest absolute Gasteiger partial charge is 0.381 e. The number of carbonyl (C=O) groups excluding carboxylic acids is 1. The van der Waals surface area contributed by atoms with Crippen LogP contribution in [0.4, 0.5) is 13.2 Å². The molecule has 3 unspecified atom stereocenters. The van der Waals surface area contributed by atoms with Crippen molar-refractivity contribution in [2.75, 3.05) is 32.8 Å². The van der Waals surface area contributed by atoms with Gasteiger partial charge in [-0.3, -0.25) is 14.8 Å². The van der Waals surface area contributed by atoms with Crippen LogP contribution in [0.15, 0.2) is 53.2 Å². The number of hydrogen-bond acceptors (Lipinski definition) is 7. The summed E-state index contributed by atoms with van der Waals surface area (Å²) in [7, 11) is 0. The Balaban J connectivity index is 0.000000260. The molecular formula is C28H42F3N5O3. The zero-order valence-corrected chi connectivity index (χ0v) is 23.1. The Labute approximate surface area is 229 Å². The van der Waals surface area contributed by atoms with Crippen LogP contribution >= 0.6 is 0 Å². The average Bonchev–Trinajstić information content (AvgIpc) is 3.54. The number of hydrogen-bond donors (Lipinski definition) is 2. The summed E-state index contributed by atoms with van der Waals surface area (Å²) >= 11 is 0. The number of halogens is 3. The molecule has 3 aliphatic rings. The number of aliphatic imine (C=N–C) groups is 1. The van der Waals surface area contributed by atoms with E-state index in [0.29, 0.717) is 12.7 Å². The van der Waals surface area contributed by atoms with Crippen LogP contribution < -0.4 is 11.1 Å². The van der Waals surface area contributed by atoms with E-state index in [1.165, 1.54) is 6.08 Å². The fourth-order valence-corrected chi connectivity index (χ4v) is 4.33. The van der Waals surface area contributed by atoms with Crippen molar-refractivity contribution in [1.29, 1.82) is 0 Å². The van der Waals surface area contributed by atoms with Crippen LogP contribution in [-0.4, -0.2) is 78.8 Å². The molecule has 1 amide bonds. The van der Waals surface area contributed by atoms with Crippen molar-refractivity contribution in [2.24, 2.45) is 10.7 Å². The third-order valence-electron chi connectivity index (χ3n) is 6.08. The van der Waals surface area contributed by atoms with Crippen LogP contribution in [0.1, 0.15) is 52.1 Å². The van der Waals surface area contributed by atoms with Gasteiger partial charge in [0.25, 0.3) is 0 Å². The number of nitrogens with two attached hydrogens (primary N) is 1. The topological polar surface area (TPSA) is 102 Å². The minimum absolute atomic E-state index is 0.175. The van der Waals surface area contributed by atoms with E-state index in [9.17, 15) is 18.0 Å². The summed E-state index contributed by atoms with van der Waals surface area (Å²) < 4.78 is 49.5. The Morgan fingerprint density at radius 3 is 2.72 bits per heavy atom. The number of nitrogens with one attached hydrogen (secondary N) is 1. The minimum atomic E-state index is -4.42. The predicted molar refractivity (Wildman–Crippen MR) is 146 cm³/mol. The van der Waals surface area contributed by atoms with E-state index in [1.54, 1.807) is 6.08 Å². The number of pyridine rings is 1. The highest BCUT2D eigenvalue weighted by atomic mass is 19.4. The molecule has 3 heterocycles. The second-order valence-corrected chi connectivity index (χ2v) is 9.15. The number of likely N-dealkylation sites (tertiary alicyclic amines) is 1. The third-order valence-corrected chi connectivity index (χ3v) is 6.08. The van der Waals surface area contributed by atoms with Gasteiger partial charge in [0, 0.05) is 39.0 Å². The summed E-state index contributed by atoms with van der Waals surface area (Å²) in [5, 5.41) is 2.75. The lowest BCUT2D eigenvalue weighted by atomic mass is 9.95. The number of primary amides is 1. The highest BCUT2D eigenvalue weighted by Gasteiger charge is 2.44. The molecule has 1 aromatic heterocycles. The first-order valence-electron chi connectivity index (χ1n) is 13.6. The SMILES string of the molecule is CC.CCCOCCCN1CCC(OCc2ccccn2)C1.NC(=O)CC1=NC2C(C(F)(F)F)=CC=CC2N1. The maximum atomic E-state index is 12.7. The molecule has 11 heteroatoms. The Morgan fingerprint density at radius 2 is 2.05 bits per heavy atom. The van der Waals surface area contributed by atoms with Gasteiger partial charge in [-0.1, -0.05) is 45.1 Å². The predicted octanol–water partition coefficient (Wildman–Crippen LogP) is 4.17. The minimum Gasteiger partial charge on any atom is -0.381 e. The number of alkyl halides is 3. The molecule has 8 nitrogen and oxygen atoms in total. The molecule has 0 spiro atoms.